The molecule has 0 atom stereocenters. The van der Waals surface area contributed by atoms with Crippen LogP contribution < -0.4 is 0 Å². The maximum Gasteiger partial charge on any atom is 0.270 e. The van der Waals surface area contributed by atoms with Crippen LogP contribution in [0.2, 0.25) is 0 Å². The molecule has 0 bridgehead atoms. The van der Waals surface area contributed by atoms with Crippen molar-refractivity contribution in [2.24, 2.45) is 5.41 Å². The highest BCUT2D eigenvalue weighted by Crippen LogP contribution is 2.41. The molecule has 0 unspecified atom stereocenters. The third-order valence-corrected chi connectivity index (χ3v) is 6.67. The van der Waals surface area contributed by atoms with Crippen molar-refractivity contribution >= 4 is 23.6 Å². The number of nitro groups is 1. The normalized spacial score (nSPS) is 18.0. The lowest BCUT2D eigenvalue weighted by Crippen LogP contribution is -2.45. The fraction of sp³-hybridized carbons (Fsp3) is 0.500. The summed E-state index contributed by atoms with van der Waals surface area (Å²) in [6.45, 7) is 4.73. The molecule has 0 aliphatic carbocycles. The number of likely N-dealkylation sites (tertiary alicyclic amines) is 2. The average Bonchev–Trinajstić information content (AvgIpc) is 3.48. The number of tetrazole rings is 1. The standard InChI is InChI=1S/C22H27N7O4/c1-2-18(12-17-4-3-5-19(13-17)29(32)33)21(31)27-11-8-22(15-27)6-9-26(10-7-22)20(30)14-28-16-23-24-25-28/h3-5,12-13,16H,2,6-11,14-15H2,1H3. The number of benzene rings is 1. The minimum absolute atomic E-state index is 0.00348. The number of rotatable bonds is 6. The van der Waals surface area contributed by atoms with Gasteiger partial charge in [0.2, 0.25) is 11.8 Å². The lowest BCUT2D eigenvalue weighted by atomic mass is 9.78. The van der Waals surface area contributed by atoms with Crippen molar-refractivity contribution in [3.8, 4) is 0 Å². The van der Waals surface area contributed by atoms with Gasteiger partial charge in [-0.3, -0.25) is 19.7 Å². The number of piperidine rings is 1. The number of nitro benzene ring substituents is 1. The van der Waals surface area contributed by atoms with Gasteiger partial charge in [-0.1, -0.05) is 19.1 Å². The molecule has 2 aromatic rings. The van der Waals surface area contributed by atoms with Crippen molar-refractivity contribution in [2.75, 3.05) is 26.2 Å². The molecule has 33 heavy (non-hydrogen) atoms. The summed E-state index contributed by atoms with van der Waals surface area (Å²) in [7, 11) is 0. The lowest BCUT2D eigenvalue weighted by molar-refractivity contribution is -0.384. The zero-order valence-corrected chi connectivity index (χ0v) is 18.6. The highest BCUT2D eigenvalue weighted by molar-refractivity contribution is 5.98. The van der Waals surface area contributed by atoms with E-state index in [1.807, 2.05) is 16.7 Å². The Balaban J connectivity index is 1.37. The van der Waals surface area contributed by atoms with Gasteiger partial charge < -0.3 is 9.80 Å². The molecule has 2 aliphatic heterocycles. The number of amides is 2. The number of hydrogen-bond acceptors (Lipinski definition) is 7. The van der Waals surface area contributed by atoms with Gasteiger partial charge in [0, 0.05) is 43.9 Å². The van der Waals surface area contributed by atoms with E-state index < -0.39 is 4.92 Å². The summed E-state index contributed by atoms with van der Waals surface area (Å²) in [4.78, 5) is 40.1. The van der Waals surface area contributed by atoms with Gasteiger partial charge >= 0.3 is 0 Å². The first-order chi connectivity index (χ1) is 15.9. The lowest BCUT2D eigenvalue weighted by Gasteiger charge is -2.39. The maximum absolute atomic E-state index is 13.2. The van der Waals surface area contributed by atoms with E-state index >= 15 is 0 Å². The Morgan fingerprint density at radius 2 is 1.91 bits per heavy atom. The monoisotopic (exact) mass is 453 g/mol. The van der Waals surface area contributed by atoms with Crippen LogP contribution in [-0.2, 0) is 16.1 Å². The van der Waals surface area contributed by atoms with Crippen LogP contribution in [-0.4, -0.2) is 72.9 Å². The van der Waals surface area contributed by atoms with Crippen LogP contribution >= 0.6 is 0 Å². The summed E-state index contributed by atoms with van der Waals surface area (Å²) < 4.78 is 1.42. The molecule has 1 aromatic carbocycles. The zero-order valence-electron chi connectivity index (χ0n) is 18.6. The number of hydrogen-bond donors (Lipinski definition) is 0. The highest BCUT2D eigenvalue weighted by Gasteiger charge is 2.43. The van der Waals surface area contributed by atoms with Crippen molar-refractivity contribution in [2.45, 2.75) is 39.2 Å². The molecule has 0 saturated carbocycles. The SMILES string of the molecule is CCC(=Cc1cccc([N+](=O)[O-])c1)C(=O)N1CCC2(CCN(C(=O)Cn3cnnn3)CC2)C1. The quantitative estimate of drug-likeness (QED) is 0.371. The third kappa shape index (κ3) is 5.07. The topological polar surface area (TPSA) is 127 Å². The Morgan fingerprint density at radius 3 is 2.55 bits per heavy atom. The molecule has 0 N–H and O–H groups in total. The first-order valence-electron chi connectivity index (χ1n) is 11.1. The predicted molar refractivity (Wildman–Crippen MR) is 119 cm³/mol. The number of aromatic nitrogens is 4. The predicted octanol–water partition coefficient (Wildman–Crippen LogP) is 1.92. The molecule has 174 valence electrons. The summed E-state index contributed by atoms with van der Waals surface area (Å²) >= 11 is 0. The summed E-state index contributed by atoms with van der Waals surface area (Å²) in [5.74, 6) is -0.0192. The molecule has 2 aliphatic rings. The first kappa shape index (κ1) is 22.6. The minimum atomic E-state index is -0.436. The first-order valence-corrected chi connectivity index (χ1v) is 11.1. The second-order valence-electron chi connectivity index (χ2n) is 8.74. The van der Waals surface area contributed by atoms with Crippen molar-refractivity contribution < 1.29 is 14.5 Å². The summed E-state index contributed by atoms with van der Waals surface area (Å²) in [6, 6.07) is 6.32. The van der Waals surface area contributed by atoms with Crippen LogP contribution in [0, 0.1) is 15.5 Å². The van der Waals surface area contributed by atoms with E-state index in [4.69, 9.17) is 0 Å². The van der Waals surface area contributed by atoms with Gasteiger partial charge in [0.05, 0.1) is 4.92 Å². The van der Waals surface area contributed by atoms with Crippen LogP contribution in [0.25, 0.3) is 6.08 Å². The van der Waals surface area contributed by atoms with Crippen LogP contribution in [0.15, 0.2) is 36.2 Å². The van der Waals surface area contributed by atoms with Gasteiger partial charge in [-0.2, -0.15) is 0 Å². The van der Waals surface area contributed by atoms with Gasteiger partial charge in [0.25, 0.3) is 5.69 Å². The van der Waals surface area contributed by atoms with E-state index in [0.717, 1.165) is 19.3 Å². The molecule has 4 rings (SSSR count). The maximum atomic E-state index is 13.2. The molecule has 3 heterocycles. The molecule has 2 saturated heterocycles. The van der Waals surface area contributed by atoms with Gasteiger partial charge in [-0.25, -0.2) is 4.68 Å². The number of carbonyl (C=O) groups excluding carboxylic acids is 2. The van der Waals surface area contributed by atoms with Gasteiger partial charge in [0.1, 0.15) is 12.9 Å². The Kier molecular flexibility index (Phi) is 6.47. The van der Waals surface area contributed by atoms with Crippen LogP contribution in [0.3, 0.4) is 0 Å². The third-order valence-electron chi connectivity index (χ3n) is 6.67. The van der Waals surface area contributed by atoms with Crippen LogP contribution in [0.5, 0.6) is 0 Å². The fourth-order valence-corrected chi connectivity index (χ4v) is 4.69. The number of non-ortho nitro benzene ring substituents is 1. The second kappa shape index (κ2) is 9.47. The summed E-state index contributed by atoms with van der Waals surface area (Å²) in [5, 5.41) is 21.9. The molecule has 1 aromatic heterocycles. The van der Waals surface area contributed by atoms with Crippen molar-refractivity contribution in [3.63, 3.8) is 0 Å². The van der Waals surface area contributed by atoms with Crippen molar-refractivity contribution in [1.82, 2.24) is 30.0 Å². The molecule has 11 nitrogen and oxygen atoms in total. The summed E-state index contributed by atoms with van der Waals surface area (Å²) in [6.07, 6.45) is 6.35. The Morgan fingerprint density at radius 1 is 1.18 bits per heavy atom. The molecule has 0 radical (unpaired) electrons. The van der Waals surface area contributed by atoms with Gasteiger partial charge in [-0.15, -0.1) is 5.10 Å². The number of carbonyl (C=O) groups is 2. The van der Waals surface area contributed by atoms with Crippen molar-refractivity contribution in [3.05, 3.63) is 51.8 Å². The van der Waals surface area contributed by atoms with E-state index in [9.17, 15) is 19.7 Å². The van der Waals surface area contributed by atoms with E-state index in [1.165, 1.54) is 23.1 Å². The Labute approximate surface area is 191 Å². The Bertz CT molecular complexity index is 1060. The van der Waals surface area contributed by atoms with Crippen LogP contribution in [0.1, 0.15) is 38.2 Å². The molecule has 1 spiro atoms. The largest absolute Gasteiger partial charge is 0.341 e. The van der Waals surface area contributed by atoms with Crippen molar-refractivity contribution in [1.29, 1.82) is 0 Å². The van der Waals surface area contributed by atoms with Crippen LogP contribution in [0.4, 0.5) is 5.69 Å². The van der Waals surface area contributed by atoms with Gasteiger partial charge in [0.15, 0.2) is 0 Å². The summed E-state index contributed by atoms with van der Waals surface area (Å²) in [5.41, 5.74) is 1.33. The average molecular weight is 454 g/mol. The second-order valence-corrected chi connectivity index (χ2v) is 8.74. The van der Waals surface area contributed by atoms with E-state index in [1.54, 1.807) is 18.2 Å². The fourth-order valence-electron chi connectivity index (χ4n) is 4.69. The molecule has 2 amide bonds. The number of nitrogens with zero attached hydrogens (tertiary/aromatic N) is 7. The molecule has 2 fully saturated rings. The Hall–Kier alpha value is -3.63. The minimum Gasteiger partial charge on any atom is -0.341 e. The van der Waals surface area contributed by atoms with E-state index in [-0.39, 0.29) is 29.5 Å². The van der Waals surface area contributed by atoms with Gasteiger partial charge in [-0.05, 0) is 53.2 Å². The molecule has 11 heteroatoms. The molecular weight excluding hydrogens is 426 g/mol. The smallest absolute Gasteiger partial charge is 0.270 e. The van der Waals surface area contributed by atoms with E-state index in [0.29, 0.717) is 43.7 Å². The van der Waals surface area contributed by atoms with E-state index in [2.05, 4.69) is 15.5 Å². The zero-order chi connectivity index (χ0) is 23.4. The highest BCUT2D eigenvalue weighted by atomic mass is 16.6. The molecular formula is C22H27N7O4.